The Morgan fingerprint density at radius 2 is 1.75 bits per heavy atom. The van der Waals surface area contributed by atoms with Gasteiger partial charge in [0.05, 0.1) is 14.2 Å². The lowest BCUT2D eigenvalue weighted by Crippen LogP contribution is -2.34. The van der Waals surface area contributed by atoms with E-state index in [2.05, 4.69) is 34.6 Å². The molecule has 3 nitrogen and oxygen atoms in total. The summed E-state index contributed by atoms with van der Waals surface area (Å²) in [7, 11) is 3.18. The Kier molecular flexibility index (Phi) is 3.43. The van der Waals surface area contributed by atoms with Gasteiger partial charge in [-0.2, -0.15) is 0 Å². The molecule has 0 aliphatic heterocycles. The summed E-state index contributed by atoms with van der Waals surface area (Å²) in [5.41, 5.74) is 2.39. The van der Waals surface area contributed by atoms with Gasteiger partial charge in [0.2, 0.25) is 5.75 Å². The first kappa shape index (κ1) is 15.0. The molecule has 0 saturated heterocycles. The molecule has 0 fully saturated rings. The molecule has 112 valence electrons. The maximum absolute atomic E-state index is 10.4. The van der Waals surface area contributed by atoms with E-state index < -0.39 is 0 Å². The third-order valence-electron chi connectivity index (χ3n) is 5.57. The maximum Gasteiger partial charge on any atom is 0.201 e. The smallest absolute Gasteiger partial charge is 0.201 e. The van der Waals surface area contributed by atoms with Crippen molar-refractivity contribution < 1.29 is 14.6 Å². The highest BCUT2D eigenvalue weighted by molar-refractivity contribution is 5.64. The van der Waals surface area contributed by atoms with Crippen molar-refractivity contribution in [1.29, 1.82) is 0 Å². The second kappa shape index (κ2) is 4.57. The number of hydrogen-bond acceptors (Lipinski definition) is 3. The second-order valence-corrected chi connectivity index (χ2v) is 6.73. The molecule has 1 aliphatic rings. The number of fused-ring (bicyclic) bond motifs is 1. The van der Waals surface area contributed by atoms with Crippen LogP contribution in [0.15, 0.2) is 6.07 Å². The van der Waals surface area contributed by atoms with Gasteiger partial charge in [0.1, 0.15) is 0 Å². The highest BCUT2D eigenvalue weighted by Gasteiger charge is 2.53. The molecule has 1 atom stereocenters. The van der Waals surface area contributed by atoms with Crippen LogP contribution in [0.3, 0.4) is 0 Å². The van der Waals surface area contributed by atoms with Crippen LogP contribution in [0.2, 0.25) is 0 Å². The third kappa shape index (κ3) is 1.65. The first-order valence-electron chi connectivity index (χ1n) is 7.22. The van der Waals surface area contributed by atoms with Gasteiger partial charge in [-0.05, 0) is 34.8 Å². The maximum atomic E-state index is 10.4. The van der Waals surface area contributed by atoms with Crippen LogP contribution in [-0.2, 0) is 5.41 Å². The Bertz CT molecular complexity index is 530. The molecule has 0 bridgehead atoms. The van der Waals surface area contributed by atoms with Gasteiger partial charge >= 0.3 is 0 Å². The summed E-state index contributed by atoms with van der Waals surface area (Å²) in [6.07, 6.45) is 1.06. The first-order valence-corrected chi connectivity index (χ1v) is 7.22. The zero-order valence-corrected chi connectivity index (χ0v) is 13.6. The van der Waals surface area contributed by atoms with E-state index in [0.717, 1.165) is 12.0 Å². The Morgan fingerprint density at radius 1 is 1.15 bits per heavy atom. The van der Waals surface area contributed by atoms with E-state index in [1.54, 1.807) is 14.2 Å². The van der Waals surface area contributed by atoms with Gasteiger partial charge in [-0.15, -0.1) is 0 Å². The molecule has 0 radical (unpaired) electrons. The number of phenols is 1. The number of hydrogen-bond donors (Lipinski definition) is 1. The summed E-state index contributed by atoms with van der Waals surface area (Å²) in [5.74, 6) is 1.59. The Morgan fingerprint density at radius 3 is 2.20 bits per heavy atom. The molecule has 0 spiro atoms. The lowest BCUT2D eigenvalue weighted by molar-refractivity contribution is 0.175. The number of benzene rings is 1. The van der Waals surface area contributed by atoms with E-state index in [1.807, 2.05) is 6.07 Å². The van der Waals surface area contributed by atoms with Crippen molar-refractivity contribution in [2.24, 2.45) is 5.41 Å². The summed E-state index contributed by atoms with van der Waals surface area (Å²) >= 11 is 0. The van der Waals surface area contributed by atoms with Gasteiger partial charge in [0.25, 0.3) is 0 Å². The topological polar surface area (TPSA) is 38.7 Å². The number of methoxy groups -OCH3 is 2. The van der Waals surface area contributed by atoms with Crippen LogP contribution in [0.4, 0.5) is 0 Å². The monoisotopic (exact) mass is 278 g/mol. The van der Waals surface area contributed by atoms with E-state index in [-0.39, 0.29) is 16.6 Å². The fourth-order valence-corrected chi connectivity index (χ4v) is 3.79. The van der Waals surface area contributed by atoms with Crippen LogP contribution in [-0.4, -0.2) is 19.3 Å². The molecule has 0 aromatic heterocycles. The van der Waals surface area contributed by atoms with Crippen LogP contribution in [0, 0.1) is 5.41 Å². The largest absolute Gasteiger partial charge is 0.502 e. The molecule has 3 heteroatoms. The molecular weight excluding hydrogens is 252 g/mol. The molecule has 1 N–H and O–H groups in total. The molecular formula is C17H26O3. The molecule has 1 unspecified atom stereocenters. The van der Waals surface area contributed by atoms with Crippen LogP contribution in [0.1, 0.15) is 58.1 Å². The SMILES string of the molecule is CCC1c2cc(OC)c(O)c(OC)c2C(C)(C)C1(C)C. The quantitative estimate of drug-likeness (QED) is 0.899. The summed E-state index contributed by atoms with van der Waals surface area (Å²) < 4.78 is 10.8. The van der Waals surface area contributed by atoms with E-state index in [9.17, 15) is 5.11 Å². The van der Waals surface area contributed by atoms with Crippen molar-refractivity contribution in [3.63, 3.8) is 0 Å². The van der Waals surface area contributed by atoms with Crippen molar-refractivity contribution in [3.8, 4) is 17.2 Å². The fourth-order valence-electron chi connectivity index (χ4n) is 3.79. The zero-order chi connectivity index (χ0) is 15.3. The van der Waals surface area contributed by atoms with Gasteiger partial charge in [-0.1, -0.05) is 34.6 Å². The third-order valence-corrected chi connectivity index (χ3v) is 5.57. The van der Waals surface area contributed by atoms with Crippen molar-refractivity contribution in [2.75, 3.05) is 14.2 Å². The van der Waals surface area contributed by atoms with E-state index in [4.69, 9.17) is 9.47 Å². The molecule has 1 aromatic rings. The summed E-state index contributed by atoms with van der Waals surface area (Å²) in [5, 5.41) is 10.4. The number of aromatic hydroxyl groups is 1. The standard InChI is InChI=1S/C17H26O3/c1-8-11-10-9-12(19-6)14(18)15(20-7)13(10)17(4,5)16(11,2)3/h9,11,18H,8H2,1-7H3. The predicted octanol–water partition coefficient (Wildman–Crippen LogP) is 4.22. The minimum Gasteiger partial charge on any atom is -0.502 e. The minimum atomic E-state index is -0.0713. The minimum absolute atomic E-state index is 0.0713. The average Bonchev–Trinajstić information content (AvgIpc) is 2.53. The second-order valence-electron chi connectivity index (χ2n) is 6.73. The Balaban J connectivity index is 2.84. The molecule has 0 heterocycles. The first-order chi connectivity index (χ1) is 9.23. The molecule has 2 rings (SSSR count). The molecule has 1 aliphatic carbocycles. The van der Waals surface area contributed by atoms with Crippen molar-refractivity contribution in [1.82, 2.24) is 0 Å². The van der Waals surface area contributed by atoms with E-state index in [1.165, 1.54) is 5.56 Å². The van der Waals surface area contributed by atoms with Gasteiger partial charge in [-0.25, -0.2) is 0 Å². The normalized spacial score (nSPS) is 22.4. The highest BCUT2D eigenvalue weighted by Crippen LogP contribution is 2.64. The number of ether oxygens (including phenoxy) is 2. The zero-order valence-electron chi connectivity index (χ0n) is 13.6. The van der Waals surface area contributed by atoms with Crippen LogP contribution in [0.25, 0.3) is 0 Å². The molecule has 20 heavy (non-hydrogen) atoms. The van der Waals surface area contributed by atoms with Crippen molar-refractivity contribution >= 4 is 0 Å². The summed E-state index contributed by atoms with van der Waals surface area (Å²) in [4.78, 5) is 0. The van der Waals surface area contributed by atoms with Gasteiger partial charge in [0.15, 0.2) is 11.5 Å². The van der Waals surface area contributed by atoms with E-state index >= 15 is 0 Å². The highest BCUT2D eigenvalue weighted by atomic mass is 16.5. The van der Waals surface area contributed by atoms with Crippen LogP contribution < -0.4 is 9.47 Å². The Labute approximate surface area is 121 Å². The number of rotatable bonds is 3. The van der Waals surface area contributed by atoms with Gasteiger partial charge < -0.3 is 14.6 Å². The Hall–Kier alpha value is -1.38. The lowest BCUT2D eigenvalue weighted by atomic mass is 9.64. The van der Waals surface area contributed by atoms with E-state index in [0.29, 0.717) is 17.4 Å². The molecule has 1 aromatic carbocycles. The summed E-state index contributed by atoms with van der Waals surface area (Å²) in [6, 6.07) is 1.98. The summed E-state index contributed by atoms with van der Waals surface area (Å²) in [6.45, 7) is 11.3. The van der Waals surface area contributed by atoms with Gasteiger partial charge in [0, 0.05) is 5.56 Å². The fraction of sp³-hybridized carbons (Fsp3) is 0.647. The lowest BCUT2D eigenvalue weighted by Gasteiger charge is -2.39. The predicted molar refractivity (Wildman–Crippen MR) is 81.0 cm³/mol. The average molecular weight is 278 g/mol. The van der Waals surface area contributed by atoms with Crippen LogP contribution in [0.5, 0.6) is 17.2 Å². The van der Waals surface area contributed by atoms with Crippen molar-refractivity contribution in [2.45, 2.75) is 52.4 Å². The number of phenolic OH excluding ortho intramolecular Hbond substituents is 1. The molecule has 0 amide bonds. The van der Waals surface area contributed by atoms with Gasteiger partial charge in [-0.3, -0.25) is 0 Å². The van der Waals surface area contributed by atoms with Crippen molar-refractivity contribution in [3.05, 3.63) is 17.2 Å². The molecule has 0 saturated carbocycles. The van der Waals surface area contributed by atoms with Crippen LogP contribution >= 0.6 is 0 Å².